The van der Waals surface area contributed by atoms with Crippen LogP contribution in [0.15, 0.2) is 62.6 Å². The Bertz CT molecular complexity index is 1160. The van der Waals surface area contributed by atoms with Crippen LogP contribution in [-0.2, 0) is 11.2 Å². The second-order valence-electron chi connectivity index (χ2n) is 7.77. The Balaban J connectivity index is 1.47. The predicted octanol–water partition coefficient (Wildman–Crippen LogP) is 5.06. The lowest BCUT2D eigenvalue weighted by atomic mass is 9.87. The first-order valence-electron chi connectivity index (χ1n) is 9.34. The maximum absolute atomic E-state index is 6.24. The van der Waals surface area contributed by atoms with Gasteiger partial charge in [-0.3, -0.25) is 0 Å². The fourth-order valence-electron chi connectivity index (χ4n) is 2.87. The van der Waals surface area contributed by atoms with Crippen molar-refractivity contribution in [3.63, 3.8) is 0 Å². The average Bonchev–Trinajstić information content (AvgIpc) is 3.33. The molecule has 7 nitrogen and oxygen atoms in total. The summed E-state index contributed by atoms with van der Waals surface area (Å²) in [6, 6.07) is 15.9. The van der Waals surface area contributed by atoms with Crippen molar-refractivity contribution in [1.82, 2.24) is 25.1 Å². The van der Waals surface area contributed by atoms with Gasteiger partial charge in [0.25, 0.3) is 0 Å². The fraction of sp³-hybridized carbons (Fsp3) is 0.238. The van der Waals surface area contributed by atoms with Crippen LogP contribution in [0.5, 0.6) is 0 Å². The molecule has 0 radical (unpaired) electrons. The number of aromatic nitrogens is 5. The zero-order chi connectivity index (χ0) is 21.3. The van der Waals surface area contributed by atoms with Crippen LogP contribution in [0, 0.1) is 0 Å². The second-order valence-corrected chi connectivity index (χ2v) is 9.57. The minimum Gasteiger partial charge on any atom is -0.420 e. The lowest BCUT2D eigenvalue weighted by Gasteiger charge is -2.19. The van der Waals surface area contributed by atoms with Crippen molar-refractivity contribution in [3.05, 3.63) is 64.5 Å². The SMILES string of the molecule is CC(C)(C)c1ccc(-c2nnc(SCc3nnc(-c4ccccc4Br)o3)n2N)cc1. The third kappa shape index (κ3) is 4.27. The Hall–Kier alpha value is -2.65. The summed E-state index contributed by atoms with van der Waals surface area (Å²) >= 11 is 4.89. The predicted molar refractivity (Wildman–Crippen MR) is 121 cm³/mol. The summed E-state index contributed by atoms with van der Waals surface area (Å²) in [4.78, 5) is 0. The zero-order valence-electron chi connectivity index (χ0n) is 16.8. The molecule has 0 aliphatic heterocycles. The van der Waals surface area contributed by atoms with Crippen LogP contribution in [0.1, 0.15) is 32.2 Å². The van der Waals surface area contributed by atoms with Crippen molar-refractivity contribution in [1.29, 1.82) is 0 Å². The molecule has 0 fully saturated rings. The molecule has 2 aromatic carbocycles. The Morgan fingerprint density at radius 1 is 1.00 bits per heavy atom. The molecule has 2 N–H and O–H groups in total. The molecule has 2 heterocycles. The highest BCUT2D eigenvalue weighted by Crippen LogP contribution is 2.29. The van der Waals surface area contributed by atoms with Gasteiger partial charge >= 0.3 is 0 Å². The Morgan fingerprint density at radius 3 is 2.43 bits per heavy atom. The smallest absolute Gasteiger partial charge is 0.248 e. The summed E-state index contributed by atoms with van der Waals surface area (Å²) in [6.45, 7) is 6.55. The van der Waals surface area contributed by atoms with E-state index in [1.54, 1.807) is 0 Å². The molecular weight excluding hydrogens is 464 g/mol. The van der Waals surface area contributed by atoms with Crippen LogP contribution >= 0.6 is 27.7 Å². The maximum Gasteiger partial charge on any atom is 0.248 e. The molecule has 9 heteroatoms. The fourth-order valence-corrected chi connectivity index (χ4v) is 4.02. The molecule has 2 aromatic heterocycles. The molecular formula is C21H21BrN6OS. The minimum atomic E-state index is 0.0915. The Kier molecular flexibility index (Phi) is 5.66. The van der Waals surface area contributed by atoms with E-state index < -0.39 is 0 Å². The molecule has 0 atom stereocenters. The topological polar surface area (TPSA) is 95.6 Å². The lowest BCUT2D eigenvalue weighted by molar-refractivity contribution is 0.528. The first-order chi connectivity index (χ1) is 14.3. The second kappa shape index (κ2) is 8.23. The van der Waals surface area contributed by atoms with Gasteiger partial charge in [-0.05, 0) is 39.0 Å². The molecule has 154 valence electrons. The van der Waals surface area contributed by atoms with E-state index in [9.17, 15) is 0 Å². The van der Waals surface area contributed by atoms with Crippen molar-refractivity contribution < 1.29 is 4.42 Å². The quantitative estimate of drug-likeness (QED) is 0.312. The van der Waals surface area contributed by atoms with E-state index >= 15 is 0 Å². The van der Waals surface area contributed by atoms with E-state index in [4.69, 9.17) is 10.3 Å². The van der Waals surface area contributed by atoms with Crippen LogP contribution in [0.2, 0.25) is 0 Å². The molecule has 4 aromatic rings. The van der Waals surface area contributed by atoms with Crippen molar-refractivity contribution >= 4 is 27.7 Å². The van der Waals surface area contributed by atoms with E-state index in [0.717, 1.165) is 15.6 Å². The summed E-state index contributed by atoms with van der Waals surface area (Å²) in [6.07, 6.45) is 0. The van der Waals surface area contributed by atoms with Gasteiger partial charge in [0, 0.05) is 10.0 Å². The molecule has 4 rings (SSSR count). The van der Waals surface area contributed by atoms with Crippen molar-refractivity contribution in [2.45, 2.75) is 37.1 Å². The average molecular weight is 485 g/mol. The normalized spacial score (nSPS) is 11.7. The number of thioether (sulfide) groups is 1. The van der Waals surface area contributed by atoms with E-state index in [2.05, 4.69) is 69.2 Å². The monoisotopic (exact) mass is 484 g/mol. The molecule has 0 unspecified atom stereocenters. The number of hydrogen-bond donors (Lipinski definition) is 1. The maximum atomic E-state index is 6.24. The highest BCUT2D eigenvalue weighted by Gasteiger charge is 2.17. The van der Waals surface area contributed by atoms with Gasteiger partial charge in [0.2, 0.25) is 16.9 Å². The van der Waals surface area contributed by atoms with Crippen LogP contribution in [-0.4, -0.2) is 25.1 Å². The van der Waals surface area contributed by atoms with Gasteiger partial charge in [0.05, 0.1) is 11.3 Å². The van der Waals surface area contributed by atoms with Gasteiger partial charge < -0.3 is 10.3 Å². The van der Waals surface area contributed by atoms with Gasteiger partial charge in [0.1, 0.15) is 0 Å². The van der Waals surface area contributed by atoms with Crippen molar-refractivity contribution in [2.75, 3.05) is 5.84 Å². The number of nitrogens with zero attached hydrogens (tertiary/aromatic N) is 5. The molecule has 0 saturated heterocycles. The lowest BCUT2D eigenvalue weighted by Crippen LogP contribution is -2.12. The van der Waals surface area contributed by atoms with Crippen LogP contribution in [0.3, 0.4) is 0 Å². The molecule has 0 bridgehead atoms. The largest absolute Gasteiger partial charge is 0.420 e. The number of benzene rings is 2. The van der Waals surface area contributed by atoms with Crippen molar-refractivity contribution in [3.8, 4) is 22.8 Å². The van der Waals surface area contributed by atoms with Crippen LogP contribution < -0.4 is 5.84 Å². The molecule has 0 saturated carbocycles. The summed E-state index contributed by atoms with van der Waals surface area (Å²) in [5.41, 5.74) is 3.11. The number of nitrogen functional groups attached to an aromatic ring is 1. The van der Waals surface area contributed by atoms with Gasteiger partial charge in [-0.15, -0.1) is 20.4 Å². The van der Waals surface area contributed by atoms with Crippen LogP contribution in [0.25, 0.3) is 22.8 Å². The summed E-state index contributed by atoms with van der Waals surface area (Å²) in [5.74, 6) is 8.24. The molecule has 0 spiro atoms. The summed E-state index contributed by atoms with van der Waals surface area (Å²) < 4.78 is 8.16. The van der Waals surface area contributed by atoms with E-state index in [1.807, 2.05) is 36.4 Å². The summed E-state index contributed by atoms with van der Waals surface area (Å²) in [7, 11) is 0. The van der Waals surface area contributed by atoms with Crippen LogP contribution in [0.4, 0.5) is 0 Å². The van der Waals surface area contributed by atoms with E-state index in [-0.39, 0.29) is 5.41 Å². The Labute approximate surface area is 187 Å². The number of nitrogens with two attached hydrogens (primary N) is 1. The van der Waals surface area contributed by atoms with Gasteiger partial charge in [-0.25, -0.2) is 4.68 Å². The number of hydrogen-bond acceptors (Lipinski definition) is 7. The number of rotatable bonds is 5. The molecule has 0 aliphatic rings. The Morgan fingerprint density at radius 2 is 1.73 bits per heavy atom. The first-order valence-corrected chi connectivity index (χ1v) is 11.1. The first kappa shape index (κ1) is 20.6. The zero-order valence-corrected chi connectivity index (χ0v) is 19.2. The van der Waals surface area contributed by atoms with Gasteiger partial charge in [0.15, 0.2) is 5.82 Å². The van der Waals surface area contributed by atoms with E-state index in [1.165, 1.54) is 22.0 Å². The molecule has 30 heavy (non-hydrogen) atoms. The third-order valence-corrected chi connectivity index (χ3v) is 6.19. The minimum absolute atomic E-state index is 0.0915. The highest BCUT2D eigenvalue weighted by molar-refractivity contribution is 9.10. The molecule has 0 aliphatic carbocycles. The standard InChI is InChI=1S/C21H21BrN6OS/c1-21(2,3)14-10-8-13(9-11-14)18-25-27-20(28(18)23)30-12-17-24-26-19(29-17)15-6-4-5-7-16(15)22/h4-11H,12,23H2,1-3H3. The highest BCUT2D eigenvalue weighted by atomic mass is 79.9. The van der Waals surface area contributed by atoms with Gasteiger partial charge in [-0.2, -0.15) is 0 Å². The summed E-state index contributed by atoms with van der Waals surface area (Å²) in [5, 5.41) is 17.3. The third-order valence-electron chi connectivity index (χ3n) is 4.57. The molecule has 0 amide bonds. The van der Waals surface area contributed by atoms with Gasteiger partial charge in [-0.1, -0.05) is 68.9 Å². The van der Waals surface area contributed by atoms with E-state index in [0.29, 0.717) is 28.5 Å². The van der Waals surface area contributed by atoms with Crippen molar-refractivity contribution in [2.24, 2.45) is 0 Å². The number of halogens is 1.